The topological polar surface area (TPSA) is 24.5 Å². The molecule has 2 aliphatic heterocycles. The Kier molecular flexibility index (Phi) is 4.95. The Hall–Kier alpha value is 0.230. The van der Waals surface area contributed by atoms with Crippen molar-refractivity contribution in [2.24, 2.45) is 0 Å². The molecule has 0 aromatic rings. The van der Waals surface area contributed by atoms with E-state index >= 15 is 0 Å². The summed E-state index contributed by atoms with van der Waals surface area (Å²) >= 11 is 2.07. The average molecular weight is 244 g/mol. The summed E-state index contributed by atoms with van der Waals surface area (Å²) in [5, 5.41) is 3.70. The van der Waals surface area contributed by atoms with Gasteiger partial charge in [0.15, 0.2) is 0 Å². The number of rotatable bonds is 4. The molecule has 0 radical (unpaired) electrons. The van der Waals surface area contributed by atoms with Crippen molar-refractivity contribution in [3.63, 3.8) is 0 Å². The monoisotopic (exact) mass is 244 g/mol. The van der Waals surface area contributed by atoms with Gasteiger partial charge in [0.2, 0.25) is 0 Å². The maximum Gasteiger partial charge on any atom is 0.0619 e. The number of nitrogens with zero attached hydrogens (tertiary/aromatic N) is 1. The summed E-state index contributed by atoms with van der Waals surface area (Å²) in [6.07, 6.45) is 1.34. The van der Waals surface area contributed by atoms with E-state index in [1.165, 1.54) is 17.9 Å². The summed E-state index contributed by atoms with van der Waals surface area (Å²) in [6.45, 7) is 8.59. The Morgan fingerprint density at radius 2 is 2.44 bits per heavy atom. The normalized spacial score (nSPS) is 34.1. The Balaban J connectivity index is 1.71. The minimum atomic E-state index is 0.573. The fourth-order valence-electron chi connectivity index (χ4n) is 2.54. The first-order valence-corrected chi connectivity index (χ1v) is 7.57. The molecule has 3 nitrogen and oxygen atoms in total. The molecule has 2 saturated heterocycles. The van der Waals surface area contributed by atoms with Crippen LogP contribution in [0.2, 0.25) is 0 Å². The van der Waals surface area contributed by atoms with Gasteiger partial charge in [0, 0.05) is 37.0 Å². The van der Waals surface area contributed by atoms with Crippen molar-refractivity contribution < 1.29 is 4.74 Å². The van der Waals surface area contributed by atoms with E-state index in [0.29, 0.717) is 12.1 Å². The molecule has 3 atom stereocenters. The molecule has 2 fully saturated rings. The summed E-state index contributed by atoms with van der Waals surface area (Å²) < 4.78 is 5.47. The van der Waals surface area contributed by atoms with Crippen LogP contribution in [-0.2, 0) is 4.74 Å². The lowest BCUT2D eigenvalue weighted by molar-refractivity contribution is -0.0184. The highest BCUT2D eigenvalue weighted by atomic mass is 32.2. The van der Waals surface area contributed by atoms with E-state index in [2.05, 4.69) is 35.8 Å². The van der Waals surface area contributed by atoms with Crippen LogP contribution in [0.4, 0.5) is 0 Å². The van der Waals surface area contributed by atoms with E-state index < -0.39 is 0 Å². The van der Waals surface area contributed by atoms with Crippen LogP contribution in [0.25, 0.3) is 0 Å². The van der Waals surface area contributed by atoms with Crippen molar-refractivity contribution >= 4 is 11.8 Å². The number of morpholine rings is 1. The number of nitrogens with one attached hydrogen (secondary N) is 1. The van der Waals surface area contributed by atoms with Gasteiger partial charge in [0.1, 0.15) is 0 Å². The first-order chi connectivity index (χ1) is 7.77. The number of hydrogen-bond acceptors (Lipinski definition) is 4. The molecule has 0 aliphatic carbocycles. The SMILES string of the molecule is CC(CNC1CCSC1)N1CCOCC1C. The number of hydrogen-bond donors (Lipinski definition) is 1. The summed E-state index contributed by atoms with van der Waals surface area (Å²) in [5.74, 6) is 2.63. The molecular weight excluding hydrogens is 220 g/mol. The van der Waals surface area contributed by atoms with Gasteiger partial charge in [0.25, 0.3) is 0 Å². The molecule has 0 aromatic heterocycles. The third-order valence-corrected chi connectivity index (χ3v) is 4.78. The van der Waals surface area contributed by atoms with Gasteiger partial charge < -0.3 is 10.1 Å². The van der Waals surface area contributed by atoms with Gasteiger partial charge in [-0.3, -0.25) is 4.90 Å². The van der Waals surface area contributed by atoms with Gasteiger partial charge in [-0.05, 0) is 26.0 Å². The smallest absolute Gasteiger partial charge is 0.0619 e. The fourth-order valence-corrected chi connectivity index (χ4v) is 3.73. The lowest BCUT2D eigenvalue weighted by atomic mass is 10.1. The molecule has 94 valence electrons. The zero-order valence-electron chi connectivity index (χ0n) is 10.4. The standard InChI is InChI=1S/C12H24N2OS/c1-10(7-13-12-3-6-16-9-12)14-4-5-15-8-11(14)2/h10-13H,3-9H2,1-2H3. The lowest BCUT2D eigenvalue weighted by Gasteiger charge is -2.38. The molecule has 0 saturated carbocycles. The molecule has 4 heteroatoms. The van der Waals surface area contributed by atoms with Crippen LogP contribution in [0.15, 0.2) is 0 Å². The number of ether oxygens (including phenoxy) is 1. The fraction of sp³-hybridized carbons (Fsp3) is 1.00. The van der Waals surface area contributed by atoms with E-state index in [9.17, 15) is 0 Å². The van der Waals surface area contributed by atoms with E-state index in [-0.39, 0.29) is 0 Å². The molecule has 0 bridgehead atoms. The molecule has 0 aromatic carbocycles. The van der Waals surface area contributed by atoms with Crippen molar-refractivity contribution in [1.82, 2.24) is 10.2 Å². The van der Waals surface area contributed by atoms with Gasteiger partial charge in [-0.1, -0.05) is 0 Å². The highest BCUT2D eigenvalue weighted by Gasteiger charge is 2.24. The summed E-state index contributed by atoms with van der Waals surface area (Å²) in [5.41, 5.74) is 0. The predicted molar refractivity (Wildman–Crippen MR) is 70.2 cm³/mol. The van der Waals surface area contributed by atoms with Crippen LogP contribution >= 0.6 is 11.8 Å². The quantitative estimate of drug-likeness (QED) is 0.803. The van der Waals surface area contributed by atoms with Crippen LogP contribution in [0.5, 0.6) is 0 Å². The van der Waals surface area contributed by atoms with Crippen molar-refractivity contribution in [3.8, 4) is 0 Å². The summed E-state index contributed by atoms with van der Waals surface area (Å²) in [6, 6.07) is 1.96. The van der Waals surface area contributed by atoms with Crippen molar-refractivity contribution in [3.05, 3.63) is 0 Å². The first kappa shape index (κ1) is 12.7. The Morgan fingerprint density at radius 3 is 3.12 bits per heavy atom. The minimum Gasteiger partial charge on any atom is -0.379 e. The first-order valence-electron chi connectivity index (χ1n) is 6.42. The Bertz CT molecular complexity index is 209. The van der Waals surface area contributed by atoms with Crippen LogP contribution in [0.1, 0.15) is 20.3 Å². The highest BCUT2D eigenvalue weighted by molar-refractivity contribution is 7.99. The molecule has 16 heavy (non-hydrogen) atoms. The van der Waals surface area contributed by atoms with E-state index in [1.807, 2.05) is 0 Å². The van der Waals surface area contributed by atoms with Crippen molar-refractivity contribution in [2.45, 2.75) is 38.4 Å². The number of thioether (sulfide) groups is 1. The summed E-state index contributed by atoms with van der Waals surface area (Å²) in [4.78, 5) is 2.57. The average Bonchev–Trinajstić information content (AvgIpc) is 2.79. The van der Waals surface area contributed by atoms with Gasteiger partial charge in [-0.25, -0.2) is 0 Å². The second kappa shape index (κ2) is 6.24. The molecule has 2 aliphatic rings. The van der Waals surface area contributed by atoms with Gasteiger partial charge in [0.05, 0.1) is 13.2 Å². The summed E-state index contributed by atoms with van der Waals surface area (Å²) in [7, 11) is 0. The largest absolute Gasteiger partial charge is 0.379 e. The van der Waals surface area contributed by atoms with E-state index in [4.69, 9.17) is 4.74 Å². The Labute approximate surface area is 103 Å². The molecule has 0 spiro atoms. The zero-order chi connectivity index (χ0) is 11.4. The van der Waals surface area contributed by atoms with Crippen LogP contribution in [0.3, 0.4) is 0 Å². The third kappa shape index (κ3) is 3.36. The molecule has 3 unspecified atom stereocenters. The predicted octanol–water partition coefficient (Wildman–Crippen LogP) is 1.19. The minimum absolute atomic E-state index is 0.573. The maximum atomic E-state index is 5.47. The third-order valence-electron chi connectivity index (χ3n) is 3.62. The Morgan fingerprint density at radius 1 is 1.56 bits per heavy atom. The molecule has 0 amide bonds. The van der Waals surface area contributed by atoms with E-state index in [0.717, 1.165) is 32.3 Å². The second-order valence-electron chi connectivity index (χ2n) is 4.98. The molecular formula is C12H24N2OS. The van der Waals surface area contributed by atoms with E-state index in [1.54, 1.807) is 0 Å². The van der Waals surface area contributed by atoms with Gasteiger partial charge >= 0.3 is 0 Å². The van der Waals surface area contributed by atoms with Gasteiger partial charge in [-0.2, -0.15) is 11.8 Å². The lowest BCUT2D eigenvalue weighted by Crippen LogP contribution is -2.52. The van der Waals surface area contributed by atoms with Crippen molar-refractivity contribution in [1.29, 1.82) is 0 Å². The van der Waals surface area contributed by atoms with Crippen LogP contribution < -0.4 is 5.32 Å². The molecule has 2 rings (SSSR count). The maximum absolute atomic E-state index is 5.47. The zero-order valence-corrected chi connectivity index (χ0v) is 11.3. The second-order valence-corrected chi connectivity index (χ2v) is 6.13. The van der Waals surface area contributed by atoms with Gasteiger partial charge in [-0.15, -0.1) is 0 Å². The van der Waals surface area contributed by atoms with Crippen LogP contribution in [-0.4, -0.2) is 60.8 Å². The highest BCUT2D eigenvalue weighted by Crippen LogP contribution is 2.17. The molecule has 1 N–H and O–H groups in total. The molecule has 2 heterocycles. The van der Waals surface area contributed by atoms with Crippen molar-refractivity contribution in [2.75, 3.05) is 37.8 Å². The van der Waals surface area contributed by atoms with Crippen LogP contribution in [0, 0.1) is 0 Å².